The van der Waals surface area contributed by atoms with E-state index >= 15 is 0 Å². The van der Waals surface area contributed by atoms with Crippen LogP contribution in [0.3, 0.4) is 0 Å². The molecule has 1 aromatic heterocycles. The molecule has 0 radical (unpaired) electrons. The van der Waals surface area contributed by atoms with Crippen molar-refractivity contribution in [1.82, 2.24) is 14.5 Å². The summed E-state index contributed by atoms with van der Waals surface area (Å²) in [5.74, 6) is -0.312. The van der Waals surface area contributed by atoms with E-state index in [0.717, 1.165) is 38.5 Å². The van der Waals surface area contributed by atoms with Gasteiger partial charge in [0.15, 0.2) is 0 Å². The van der Waals surface area contributed by atoms with Gasteiger partial charge in [-0.15, -0.1) is 0 Å². The second-order valence-corrected chi connectivity index (χ2v) is 7.27. The predicted molar refractivity (Wildman–Crippen MR) is 109 cm³/mol. The van der Waals surface area contributed by atoms with E-state index in [1.807, 2.05) is 0 Å². The zero-order chi connectivity index (χ0) is 20.9. The number of aromatic hydroxyl groups is 1. The van der Waals surface area contributed by atoms with Gasteiger partial charge in [0.2, 0.25) is 5.88 Å². The summed E-state index contributed by atoms with van der Waals surface area (Å²) >= 11 is 0. The number of nitrogens with zero attached hydrogens (tertiary/aromatic N) is 2. The monoisotopic (exact) mass is 399 g/mol. The van der Waals surface area contributed by atoms with Gasteiger partial charge in [0.05, 0.1) is 25.5 Å². The normalized spacial score (nSPS) is 12.3. The highest BCUT2D eigenvalue weighted by molar-refractivity contribution is 5.71. The maximum Gasteiger partial charge on any atom is 0.331 e. The van der Waals surface area contributed by atoms with Gasteiger partial charge in [-0.05, 0) is 38.6 Å². The molecule has 0 bridgehead atoms. The first-order chi connectivity index (χ1) is 13.4. The number of nitrogens with one attached hydrogen (secondary N) is 1. The van der Waals surface area contributed by atoms with Gasteiger partial charge in [0, 0.05) is 13.6 Å². The van der Waals surface area contributed by atoms with Crippen molar-refractivity contribution in [3.05, 3.63) is 16.2 Å². The molecule has 0 saturated carbocycles. The Morgan fingerprint density at radius 3 is 2.61 bits per heavy atom. The van der Waals surface area contributed by atoms with Crippen LogP contribution in [0, 0.1) is 0 Å². The highest BCUT2D eigenvalue weighted by atomic mass is 16.5. The van der Waals surface area contributed by atoms with E-state index in [9.17, 15) is 19.8 Å². The minimum atomic E-state index is -0.429. The van der Waals surface area contributed by atoms with Crippen LogP contribution in [-0.2, 0) is 29.5 Å². The van der Waals surface area contributed by atoms with Crippen LogP contribution in [0.25, 0.3) is 0 Å². The lowest BCUT2D eigenvalue weighted by Gasteiger charge is -2.12. The van der Waals surface area contributed by atoms with Gasteiger partial charge in [0.1, 0.15) is 0 Å². The van der Waals surface area contributed by atoms with Crippen LogP contribution in [0.5, 0.6) is 5.88 Å². The van der Waals surface area contributed by atoms with Crippen LogP contribution < -0.4 is 11.0 Å². The third kappa shape index (κ3) is 8.06. The molecule has 8 nitrogen and oxygen atoms in total. The van der Waals surface area contributed by atoms with E-state index in [1.165, 1.54) is 18.1 Å². The number of hydrogen-bond acceptors (Lipinski definition) is 6. The molecule has 1 rings (SSSR count). The van der Waals surface area contributed by atoms with Crippen LogP contribution in [0.4, 0.5) is 0 Å². The Hall–Kier alpha value is -1.80. The quantitative estimate of drug-likeness (QED) is 0.306. The zero-order valence-electron chi connectivity index (χ0n) is 17.6. The number of carbonyl (C=O) groups is 1. The van der Waals surface area contributed by atoms with Crippen LogP contribution in [0.15, 0.2) is 4.79 Å². The standard InChI is InChI=1S/C20H37N3O5/c1-4-5-6-7-10-16(24)12-14-23-17(19(26)22(2)20(23)27)11-8-9-13-21-15-18(25)28-3/h16,21,24,26H,4-15H2,1-3H3. The third-order valence-corrected chi connectivity index (χ3v) is 5.01. The number of ether oxygens (including phenoxy) is 1. The average Bonchev–Trinajstić information content (AvgIpc) is 2.89. The number of hydrogen-bond donors (Lipinski definition) is 3. The van der Waals surface area contributed by atoms with Crippen molar-refractivity contribution in [2.45, 2.75) is 77.4 Å². The molecule has 0 aliphatic heterocycles. The van der Waals surface area contributed by atoms with Crippen molar-refractivity contribution in [1.29, 1.82) is 0 Å². The highest BCUT2D eigenvalue weighted by Crippen LogP contribution is 2.18. The number of aliphatic hydroxyl groups is 1. The van der Waals surface area contributed by atoms with E-state index in [2.05, 4.69) is 17.0 Å². The molecule has 1 heterocycles. The molecule has 0 spiro atoms. The summed E-state index contributed by atoms with van der Waals surface area (Å²) in [6.45, 7) is 3.39. The lowest BCUT2D eigenvalue weighted by Crippen LogP contribution is -2.26. The minimum absolute atomic E-state index is 0.00930. The Balaban J connectivity index is 2.50. The first-order valence-electron chi connectivity index (χ1n) is 10.3. The van der Waals surface area contributed by atoms with Crippen LogP contribution in [0.1, 0.15) is 64.0 Å². The second kappa shape index (κ2) is 13.4. The molecule has 0 fully saturated rings. The van der Waals surface area contributed by atoms with Crippen LogP contribution in [0.2, 0.25) is 0 Å². The van der Waals surface area contributed by atoms with Gasteiger partial charge in [-0.2, -0.15) is 0 Å². The Morgan fingerprint density at radius 2 is 1.93 bits per heavy atom. The van der Waals surface area contributed by atoms with Gasteiger partial charge in [0.25, 0.3) is 0 Å². The predicted octanol–water partition coefficient (Wildman–Crippen LogP) is 1.70. The van der Waals surface area contributed by atoms with E-state index in [1.54, 1.807) is 11.6 Å². The number of esters is 1. The number of imidazole rings is 1. The summed E-state index contributed by atoms with van der Waals surface area (Å²) < 4.78 is 7.38. The fraction of sp³-hybridized carbons (Fsp3) is 0.800. The maximum absolute atomic E-state index is 12.4. The summed E-state index contributed by atoms with van der Waals surface area (Å²) in [7, 11) is 2.90. The fourth-order valence-corrected chi connectivity index (χ4v) is 3.21. The minimum Gasteiger partial charge on any atom is -0.493 e. The summed E-state index contributed by atoms with van der Waals surface area (Å²) in [5, 5.41) is 23.4. The molecule has 0 aliphatic carbocycles. The number of carbonyl (C=O) groups excluding carboxylic acids is 1. The maximum atomic E-state index is 12.4. The van der Waals surface area contributed by atoms with Crippen molar-refractivity contribution in [3.63, 3.8) is 0 Å². The number of rotatable bonds is 15. The van der Waals surface area contributed by atoms with Crippen LogP contribution >= 0.6 is 0 Å². The fourth-order valence-electron chi connectivity index (χ4n) is 3.21. The molecule has 28 heavy (non-hydrogen) atoms. The van der Waals surface area contributed by atoms with Crippen molar-refractivity contribution in [2.75, 3.05) is 20.2 Å². The molecule has 3 N–H and O–H groups in total. The van der Waals surface area contributed by atoms with Gasteiger partial charge >= 0.3 is 11.7 Å². The molecule has 1 unspecified atom stereocenters. The van der Waals surface area contributed by atoms with Crippen molar-refractivity contribution < 1.29 is 19.7 Å². The topological polar surface area (TPSA) is 106 Å². The largest absolute Gasteiger partial charge is 0.493 e. The highest BCUT2D eigenvalue weighted by Gasteiger charge is 2.17. The Kier molecular flexibility index (Phi) is 11.6. The molecular formula is C20H37N3O5. The van der Waals surface area contributed by atoms with E-state index in [4.69, 9.17) is 0 Å². The Bertz CT molecular complexity index is 639. The Morgan fingerprint density at radius 1 is 1.18 bits per heavy atom. The molecule has 0 amide bonds. The second-order valence-electron chi connectivity index (χ2n) is 7.27. The molecule has 0 aromatic carbocycles. The van der Waals surface area contributed by atoms with Gasteiger partial charge in [-0.25, -0.2) is 4.79 Å². The van der Waals surface area contributed by atoms with E-state index in [0.29, 0.717) is 31.6 Å². The summed E-state index contributed by atoms with van der Waals surface area (Å²) in [5.41, 5.74) is 0.355. The molecule has 0 saturated heterocycles. The molecular weight excluding hydrogens is 362 g/mol. The third-order valence-electron chi connectivity index (χ3n) is 5.01. The molecule has 1 atom stereocenters. The summed E-state index contributed by atoms with van der Waals surface area (Å²) in [4.78, 5) is 23.4. The molecule has 8 heteroatoms. The first-order valence-corrected chi connectivity index (χ1v) is 10.3. The molecule has 0 aliphatic rings. The number of unbranched alkanes of at least 4 members (excludes halogenated alkanes) is 4. The smallest absolute Gasteiger partial charge is 0.331 e. The van der Waals surface area contributed by atoms with E-state index in [-0.39, 0.29) is 24.1 Å². The number of methoxy groups -OCH3 is 1. The first kappa shape index (κ1) is 24.2. The van der Waals surface area contributed by atoms with Crippen molar-refractivity contribution in [2.24, 2.45) is 7.05 Å². The summed E-state index contributed by atoms with van der Waals surface area (Å²) in [6, 6.07) is 0. The SMILES string of the molecule is CCCCCCC(O)CCn1c(CCCCNCC(=O)OC)c(O)n(C)c1=O. The van der Waals surface area contributed by atoms with E-state index < -0.39 is 6.10 Å². The molecule has 162 valence electrons. The van der Waals surface area contributed by atoms with Gasteiger partial charge in [-0.3, -0.25) is 13.9 Å². The van der Waals surface area contributed by atoms with Gasteiger partial charge in [-0.1, -0.05) is 32.6 Å². The number of aromatic nitrogens is 2. The summed E-state index contributed by atoms with van der Waals surface area (Å²) in [6.07, 6.45) is 7.41. The molecule has 1 aromatic rings. The van der Waals surface area contributed by atoms with Crippen molar-refractivity contribution >= 4 is 5.97 Å². The lowest BCUT2D eigenvalue weighted by atomic mass is 10.1. The van der Waals surface area contributed by atoms with Crippen molar-refractivity contribution in [3.8, 4) is 5.88 Å². The van der Waals surface area contributed by atoms with Crippen LogP contribution in [-0.4, -0.2) is 51.6 Å². The Labute approximate surface area is 167 Å². The average molecular weight is 400 g/mol. The number of aliphatic hydroxyl groups excluding tert-OH is 1. The zero-order valence-corrected chi connectivity index (χ0v) is 17.6. The lowest BCUT2D eigenvalue weighted by molar-refractivity contribution is -0.139. The van der Waals surface area contributed by atoms with Gasteiger partial charge < -0.3 is 20.3 Å².